The average Bonchev–Trinajstić information content (AvgIpc) is 3.42. The molecule has 1 aliphatic carbocycles. The summed E-state index contributed by atoms with van der Waals surface area (Å²) in [6, 6.07) is 23.9. The number of hydrogen-bond donors (Lipinski definition) is 3. The molecule has 0 aliphatic heterocycles. The van der Waals surface area contributed by atoms with Crippen molar-refractivity contribution in [2.24, 2.45) is 0 Å². The maximum absolute atomic E-state index is 12.9. The molecule has 3 amide bonds. The summed E-state index contributed by atoms with van der Waals surface area (Å²) in [4.78, 5) is 40.2. The number of nitrogens with one attached hydrogen (secondary N) is 3. The van der Waals surface area contributed by atoms with Crippen LogP contribution in [0.1, 0.15) is 64.9 Å². The number of hydrogen-bond acceptors (Lipinski definition) is 4. The van der Waals surface area contributed by atoms with Gasteiger partial charge in [-0.3, -0.25) is 19.3 Å². The van der Waals surface area contributed by atoms with Crippen molar-refractivity contribution in [3.8, 4) is 0 Å². The average molecular weight is 499 g/mol. The first-order valence-electron chi connectivity index (χ1n) is 12.8. The van der Waals surface area contributed by atoms with Crippen molar-refractivity contribution in [1.29, 1.82) is 0 Å². The molecule has 3 aromatic carbocycles. The van der Waals surface area contributed by atoms with Crippen LogP contribution in [-0.4, -0.2) is 42.3 Å². The molecule has 1 atom stereocenters. The minimum absolute atomic E-state index is 0.0831. The number of amides is 3. The van der Waals surface area contributed by atoms with E-state index in [0.29, 0.717) is 22.5 Å². The number of carbonyl (C=O) groups is 3. The molecule has 0 aromatic heterocycles. The van der Waals surface area contributed by atoms with Crippen molar-refractivity contribution < 1.29 is 14.4 Å². The summed E-state index contributed by atoms with van der Waals surface area (Å²) in [7, 11) is 1.87. The summed E-state index contributed by atoms with van der Waals surface area (Å²) in [5.74, 6) is -0.531. The van der Waals surface area contributed by atoms with Crippen LogP contribution in [0.5, 0.6) is 0 Å². The molecule has 0 radical (unpaired) electrons. The standard InChI is InChI=1S/C30H34N4O3/c1-21(23-13-10-16-25(19-23)32-29(36)22-11-4-3-5-12-22)34(2)20-28(35)33-27-18-9-8-17-26(27)30(37)31-24-14-6-7-15-24/h3-5,8-13,16-19,21,24H,6-7,14-15,20H2,1-2H3,(H,31,37)(H,32,36)(H,33,35). The molecule has 0 heterocycles. The second-order valence-electron chi connectivity index (χ2n) is 9.59. The first-order valence-corrected chi connectivity index (χ1v) is 12.8. The highest BCUT2D eigenvalue weighted by atomic mass is 16.2. The van der Waals surface area contributed by atoms with Gasteiger partial charge in [-0.05, 0) is 68.8 Å². The van der Waals surface area contributed by atoms with Crippen LogP contribution in [0.4, 0.5) is 11.4 Å². The van der Waals surface area contributed by atoms with E-state index in [-0.39, 0.29) is 36.3 Å². The van der Waals surface area contributed by atoms with Gasteiger partial charge in [0.1, 0.15) is 0 Å². The lowest BCUT2D eigenvalue weighted by Gasteiger charge is -2.25. The maximum atomic E-state index is 12.9. The smallest absolute Gasteiger partial charge is 0.255 e. The predicted octanol–water partition coefficient (Wildman–Crippen LogP) is 5.24. The van der Waals surface area contributed by atoms with E-state index < -0.39 is 0 Å². The van der Waals surface area contributed by atoms with Gasteiger partial charge in [0.15, 0.2) is 0 Å². The Labute approximate surface area is 218 Å². The number of likely N-dealkylation sites (N-methyl/N-ethyl adjacent to an activating group) is 1. The summed E-state index contributed by atoms with van der Waals surface area (Å²) in [5.41, 5.74) is 3.23. The van der Waals surface area contributed by atoms with Gasteiger partial charge in [0.2, 0.25) is 5.91 Å². The van der Waals surface area contributed by atoms with E-state index in [2.05, 4.69) is 16.0 Å². The van der Waals surface area contributed by atoms with Gasteiger partial charge in [0, 0.05) is 23.3 Å². The second kappa shape index (κ2) is 12.3. The Kier molecular flexibility index (Phi) is 8.69. The Balaban J connectivity index is 1.36. The lowest BCUT2D eigenvalue weighted by molar-refractivity contribution is -0.117. The van der Waals surface area contributed by atoms with Crippen LogP contribution in [0.25, 0.3) is 0 Å². The number of carbonyl (C=O) groups excluding carboxylic acids is 3. The Morgan fingerprint density at radius 3 is 2.32 bits per heavy atom. The first kappa shape index (κ1) is 26.1. The molecule has 192 valence electrons. The lowest BCUT2D eigenvalue weighted by Crippen LogP contribution is -2.35. The fourth-order valence-electron chi connectivity index (χ4n) is 4.60. The number of rotatable bonds is 9. The van der Waals surface area contributed by atoms with Gasteiger partial charge in [-0.15, -0.1) is 0 Å². The Hall–Kier alpha value is -3.97. The van der Waals surface area contributed by atoms with Gasteiger partial charge in [-0.25, -0.2) is 0 Å². The quantitative estimate of drug-likeness (QED) is 0.376. The van der Waals surface area contributed by atoms with Crippen LogP contribution in [-0.2, 0) is 4.79 Å². The molecule has 3 N–H and O–H groups in total. The number of nitrogens with zero attached hydrogens (tertiary/aromatic N) is 1. The van der Waals surface area contributed by atoms with Crippen molar-refractivity contribution >= 4 is 29.1 Å². The van der Waals surface area contributed by atoms with Crippen LogP contribution >= 0.6 is 0 Å². The lowest BCUT2D eigenvalue weighted by atomic mass is 10.1. The molecule has 1 unspecified atom stereocenters. The van der Waals surface area contributed by atoms with Gasteiger partial charge < -0.3 is 16.0 Å². The minimum Gasteiger partial charge on any atom is -0.349 e. The molecule has 7 nitrogen and oxygen atoms in total. The monoisotopic (exact) mass is 498 g/mol. The van der Waals surface area contributed by atoms with E-state index in [0.717, 1.165) is 31.2 Å². The Morgan fingerprint density at radius 2 is 1.57 bits per heavy atom. The number of anilines is 2. The van der Waals surface area contributed by atoms with Crippen molar-refractivity contribution in [2.75, 3.05) is 24.2 Å². The Bertz CT molecular complexity index is 1240. The molecule has 37 heavy (non-hydrogen) atoms. The molecule has 0 spiro atoms. The largest absolute Gasteiger partial charge is 0.349 e. The molecule has 3 aromatic rings. The normalized spacial score (nSPS) is 14.2. The molecular weight excluding hydrogens is 464 g/mol. The highest BCUT2D eigenvalue weighted by Gasteiger charge is 2.21. The predicted molar refractivity (Wildman–Crippen MR) is 147 cm³/mol. The molecule has 1 fully saturated rings. The van der Waals surface area contributed by atoms with E-state index in [4.69, 9.17) is 0 Å². The van der Waals surface area contributed by atoms with Crippen LogP contribution in [0.15, 0.2) is 78.9 Å². The number of para-hydroxylation sites is 1. The third-order valence-corrected chi connectivity index (χ3v) is 6.85. The van der Waals surface area contributed by atoms with E-state index in [1.54, 1.807) is 30.3 Å². The molecule has 1 saturated carbocycles. The van der Waals surface area contributed by atoms with Gasteiger partial charge in [-0.2, -0.15) is 0 Å². The van der Waals surface area contributed by atoms with Crippen LogP contribution in [0, 0.1) is 0 Å². The zero-order valence-corrected chi connectivity index (χ0v) is 21.4. The van der Waals surface area contributed by atoms with E-state index in [1.807, 2.05) is 67.4 Å². The molecule has 7 heteroatoms. The van der Waals surface area contributed by atoms with Gasteiger partial charge in [0.25, 0.3) is 11.8 Å². The summed E-state index contributed by atoms with van der Waals surface area (Å²) >= 11 is 0. The third-order valence-electron chi connectivity index (χ3n) is 6.85. The zero-order chi connectivity index (χ0) is 26.2. The highest BCUT2D eigenvalue weighted by molar-refractivity contribution is 6.05. The topological polar surface area (TPSA) is 90.5 Å². The zero-order valence-electron chi connectivity index (χ0n) is 21.4. The Morgan fingerprint density at radius 1 is 0.865 bits per heavy atom. The van der Waals surface area contributed by atoms with Crippen LogP contribution < -0.4 is 16.0 Å². The fraction of sp³-hybridized carbons (Fsp3) is 0.300. The summed E-state index contributed by atoms with van der Waals surface area (Å²) in [5, 5.41) is 8.93. The van der Waals surface area contributed by atoms with Gasteiger partial charge in [0.05, 0.1) is 17.8 Å². The van der Waals surface area contributed by atoms with Crippen molar-refractivity contribution in [2.45, 2.75) is 44.7 Å². The van der Waals surface area contributed by atoms with E-state index >= 15 is 0 Å². The molecule has 0 bridgehead atoms. The first-order chi connectivity index (χ1) is 17.9. The molecule has 0 saturated heterocycles. The van der Waals surface area contributed by atoms with Gasteiger partial charge >= 0.3 is 0 Å². The molecule has 1 aliphatic rings. The van der Waals surface area contributed by atoms with E-state index in [1.165, 1.54) is 0 Å². The summed E-state index contributed by atoms with van der Waals surface area (Å²) in [6.45, 7) is 2.15. The molecule has 4 rings (SSSR count). The van der Waals surface area contributed by atoms with Gasteiger partial charge in [-0.1, -0.05) is 55.3 Å². The maximum Gasteiger partial charge on any atom is 0.255 e. The van der Waals surface area contributed by atoms with Crippen molar-refractivity contribution in [1.82, 2.24) is 10.2 Å². The SMILES string of the molecule is CC(c1cccc(NC(=O)c2ccccc2)c1)N(C)CC(=O)Nc1ccccc1C(=O)NC1CCCC1. The van der Waals surface area contributed by atoms with Crippen molar-refractivity contribution in [3.63, 3.8) is 0 Å². The summed E-state index contributed by atoms with van der Waals surface area (Å²) < 4.78 is 0. The number of benzene rings is 3. The van der Waals surface area contributed by atoms with Crippen molar-refractivity contribution in [3.05, 3.63) is 95.6 Å². The minimum atomic E-state index is -0.205. The second-order valence-corrected chi connectivity index (χ2v) is 9.59. The van der Waals surface area contributed by atoms with E-state index in [9.17, 15) is 14.4 Å². The highest BCUT2D eigenvalue weighted by Crippen LogP contribution is 2.23. The third kappa shape index (κ3) is 7.05. The van der Waals surface area contributed by atoms with Crippen LogP contribution in [0.3, 0.4) is 0 Å². The fourth-order valence-corrected chi connectivity index (χ4v) is 4.60. The van der Waals surface area contributed by atoms with Crippen LogP contribution in [0.2, 0.25) is 0 Å². The molecular formula is C30H34N4O3. The summed E-state index contributed by atoms with van der Waals surface area (Å²) in [6.07, 6.45) is 4.27.